The standard InChI is InChI=1S/C32H27N5O6S/c38-31(34-44(41,42)28-13-14-29(30(21-28)37(39)40)35-16-18-43-19-17-35)15-12-26-22-36(27-8-2-1-3-9-27)33-32(26)25-11-10-23-6-4-5-7-24(23)20-25/h1-15,20-22H,16-19H2,(H,34,38)/b15-12+. The van der Waals surface area contributed by atoms with E-state index in [1.807, 2.05) is 77.5 Å². The van der Waals surface area contributed by atoms with Gasteiger partial charge in [0.25, 0.3) is 21.6 Å². The number of nitrogens with zero attached hydrogens (tertiary/aromatic N) is 4. The minimum atomic E-state index is -4.41. The van der Waals surface area contributed by atoms with Crippen LogP contribution in [-0.4, -0.2) is 55.3 Å². The summed E-state index contributed by atoms with van der Waals surface area (Å²) in [5, 5.41) is 18.7. The molecule has 222 valence electrons. The molecule has 1 saturated heterocycles. The maximum absolute atomic E-state index is 13.1. The van der Waals surface area contributed by atoms with E-state index in [4.69, 9.17) is 9.84 Å². The molecule has 2 heterocycles. The zero-order valence-corrected chi connectivity index (χ0v) is 24.2. The highest BCUT2D eigenvalue weighted by Crippen LogP contribution is 2.32. The van der Waals surface area contributed by atoms with Crippen LogP contribution in [-0.2, 0) is 19.6 Å². The van der Waals surface area contributed by atoms with E-state index in [-0.39, 0.29) is 5.69 Å². The summed E-state index contributed by atoms with van der Waals surface area (Å²) in [6.07, 6.45) is 4.35. The lowest BCUT2D eigenvalue weighted by molar-refractivity contribution is -0.384. The van der Waals surface area contributed by atoms with Crippen LogP contribution in [0.5, 0.6) is 0 Å². The smallest absolute Gasteiger partial charge is 0.293 e. The second kappa shape index (κ2) is 12.1. The maximum atomic E-state index is 13.1. The summed E-state index contributed by atoms with van der Waals surface area (Å²) < 4.78 is 35.1. The second-order valence-electron chi connectivity index (χ2n) is 10.1. The lowest BCUT2D eigenvalue weighted by Gasteiger charge is -2.28. The van der Waals surface area contributed by atoms with Gasteiger partial charge in [-0.25, -0.2) is 17.8 Å². The number of aromatic nitrogens is 2. The Morgan fingerprint density at radius 1 is 0.932 bits per heavy atom. The van der Waals surface area contributed by atoms with E-state index in [2.05, 4.69) is 0 Å². The van der Waals surface area contributed by atoms with Crippen LogP contribution in [0.3, 0.4) is 0 Å². The summed E-state index contributed by atoms with van der Waals surface area (Å²) in [6.45, 7) is 1.70. The van der Waals surface area contributed by atoms with Crippen molar-refractivity contribution in [2.24, 2.45) is 0 Å². The van der Waals surface area contributed by atoms with Crippen molar-refractivity contribution >= 4 is 44.2 Å². The Kier molecular flexibility index (Phi) is 7.92. The van der Waals surface area contributed by atoms with Crippen molar-refractivity contribution in [3.8, 4) is 16.9 Å². The molecule has 44 heavy (non-hydrogen) atoms. The number of carbonyl (C=O) groups is 1. The molecule has 0 atom stereocenters. The Hall–Kier alpha value is -5.33. The molecule has 11 nitrogen and oxygen atoms in total. The van der Waals surface area contributed by atoms with E-state index >= 15 is 0 Å². The van der Waals surface area contributed by atoms with Crippen LogP contribution in [0, 0.1) is 10.1 Å². The molecule has 12 heteroatoms. The minimum Gasteiger partial charge on any atom is -0.378 e. The summed E-state index contributed by atoms with van der Waals surface area (Å²) >= 11 is 0. The first-order valence-electron chi connectivity index (χ1n) is 13.8. The number of ether oxygens (including phenoxy) is 1. The van der Waals surface area contributed by atoms with Crippen molar-refractivity contribution in [1.82, 2.24) is 14.5 Å². The number of amides is 1. The van der Waals surface area contributed by atoms with Crippen molar-refractivity contribution in [2.75, 3.05) is 31.2 Å². The minimum absolute atomic E-state index is 0.292. The highest BCUT2D eigenvalue weighted by atomic mass is 32.2. The Bertz CT molecular complexity index is 2000. The number of hydrogen-bond acceptors (Lipinski definition) is 8. The highest BCUT2D eigenvalue weighted by Gasteiger charge is 2.26. The average Bonchev–Trinajstić information content (AvgIpc) is 3.48. The fourth-order valence-electron chi connectivity index (χ4n) is 5.06. The summed E-state index contributed by atoms with van der Waals surface area (Å²) in [6, 6.07) is 26.9. The second-order valence-corrected chi connectivity index (χ2v) is 11.8. The molecule has 1 aliphatic rings. The van der Waals surface area contributed by atoms with Gasteiger partial charge < -0.3 is 9.64 Å². The van der Waals surface area contributed by atoms with Gasteiger partial charge in [0.2, 0.25) is 0 Å². The molecule has 1 N–H and O–H groups in total. The molecule has 0 saturated carbocycles. The van der Waals surface area contributed by atoms with Gasteiger partial charge in [-0.1, -0.05) is 54.6 Å². The molecule has 0 aliphatic carbocycles. The van der Waals surface area contributed by atoms with E-state index in [0.29, 0.717) is 43.2 Å². The molecule has 0 unspecified atom stereocenters. The third kappa shape index (κ3) is 6.07. The molecule has 6 rings (SSSR count). The van der Waals surface area contributed by atoms with Gasteiger partial charge in [-0.15, -0.1) is 0 Å². The molecular weight excluding hydrogens is 582 g/mol. The lowest BCUT2D eigenvalue weighted by Crippen LogP contribution is -2.36. The van der Waals surface area contributed by atoms with Crippen molar-refractivity contribution in [1.29, 1.82) is 0 Å². The molecule has 1 amide bonds. The van der Waals surface area contributed by atoms with Crippen molar-refractivity contribution < 1.29 is 22.9 Å². The first-order valence-corrected chi connectivity index (χ1v) is 15.3. The average molecular weight is 610 g/mol. The number of nitrogens with one attached hydrogen (secondary N) is 1. The predicted molar refractivity (Wildman–Crippen MR) is 167 cm³/mol. The number of rotatable bonds is 8. The number of hydrogen-bond donors (Lipinski definition) is 1. The number of fused-ring (bicyclic) bond motifs is 1. The number of benzene rings is 4. The predicted octanol–water partition coefficient (Wildman–Crippen LogP) is 4.96. The van der Waals surface area contributed by atoms with Gasteiger partial charge in [0.1, 0.15) is 5.69 Å². The normalized spacial score (nSPS) is 13.8. The number of nitro groups is 1. The van der Waals surface area contributed by atoms with E-state index in [0.717, 1.165) is 34.2 Å². The van der Waals surface area contributed by atoms with Crippen LogP contribution >= 0.6 is 0 Å². The molecule has 0 spiro atoms. The third-order valence-electron chi connectivity index (χ3n) is 7.24. The summed E-state index contributed by atoms with van der Waals surface area (Å²) in [5.74, 6) is -0.915. The number of carbonyl (C=O) groups excluding carboxylic acids is 1. The maximum Gasteiger partial charge on any atom is 0.293 e. The van der Waals surface area contributed by atoms with Gasteiger partial charge in [-0.2, -0.15) is 5.10 Å². The third-order valence-corrected chi connectivity index (χ3v) is 8.59. The van der Waals surface area contributed by atoms with Gasteiger partial charge in [0, 0.05) is 42.6 Å². The van der Waals surface area contributed by atoms with Crippen LogP contribution in [0.25, 0.3) is 33.8 Å². The van der Waals surface area contributed by atoms with Crippen LogP contribution in [0.4, 0.5) is 11.4 Å². The molecule has 4 aromatic carbocycles. The number of anilines is 1. The fraction of sp³-hybridized carbons (Fsp3) is 0.125. The van der Waals surface area contributed by atoms with Crippen molar-refractivity contribution in [3.63, 3.8) is 0 Å². The van der Waals surface area contributed by atoms with Crippen molar-refractivity contribution in [2.45, 2.75) is 4.90 Å². The number of sulfonamides is 1. The van der Waals surface area contributed by atoms with Crippen LogP contribution < -0.4 is 9.62 Å². The molecule has 1 aliphatic heterocycles. The van der Waals surface area contributed by atoms with Crippen molar-refractivity contribution in [3.05, 3.63) is 119 Å². The van der Waals surface area contributed by atoms with Crippen LogP contribution in [0.2, 0.25) is 0 Å². The summed E-state index contributed by atoms with van der Waals surface area (Å²) in [4.78, 5) is 25.4. The molecule has 0 bridgehead atoms. The molecule has 1 fully saturated rings. The van der Waals surface area contributed by atoms with Gasteiger partial charge in [0.05, 0.1) is 34.4 Å². The van der Waals surface area contributed by atoms with Gasteiger partial charge in [-0.05, 0) is 47.2 Å². The van der Waals surface area contributed by atoms with Gasteiger partial charge in [0.15, 0.2) is 0 Å². The van der Waals surface area contributed by atoms with Gasteiger partial charge >= 0.3 is 0 Å². The van der Waals surface area contributed by atoms with Crippen LogP contribution in [0.15, 0.2) is 108 Å². The Morgan fingerprint density at radius 3 is 2.41 bits per heavy atom. The topological polar surface area (TPSA) is 137 Å². The quantitative estimate of drug-likeness (QED) is 0.148. The fourth-order valence-corrected chi connectivity index (χ4v) is 6.03. The first kappa shape index (κ1) is 28.8. The molecular formula is C32H27N5O6S. The van der Waals surface area contributed by atoms with E-state index in [1.165, 1.54) is 18.2 Å². The number of nitro benzene ring substituents is 1. The zero-order valence-electron chi connectivity index (χ0n) is 23.4. The Balaban J connectivity index is 1.28. The SMILES string of the molecule is O=C(/C=C/c1cn(-c2ccccc2)nc1-c1ccc2ccccc2c1)NS(=O)(=O)c1ccc(N2CCOCC2)c([N+](=O)[O-])c1. The largest absolute Gasteiger partial charge is 0.378 e. The zero-order chi connectivity index (χ0) is 30.7. The first-order chi connectivity index (χ1) is 21.3. The summed E-state index contributed by atoms with van der Waals surface area (Å²) in [5.41, 5.74) is 2.73. The number of para-hydroxylation sites is 1. The van der Waals surface area contributed by atoms with Crippen LogP contribution in [0.1, 0.15) is 5.56 Å². The lowest BCUT2D eigenvalue weighted by atomic mass is 10.0. The Morgan fingerprint density at radius 2 is 1.66 bits per heavy atom. The summed E-state index contributed by atoms with van der Waals surface area (Å²) in [7, 11) is -4.41. The van der Waals surface area contributed by atoms with E-state index in [1.54, 1.807) is 15.8 Å². The number of morpholine rings is 1. The van der Waals surface area contributed by atoms with E-state index in [9.17, 15) is 23.3 Å². The highest BCUT2D eigenvalue weighted by molar-refractivity contribution is 7.90. The molecule has 0 radical (unpaired) electrons. The molecule has 5 aromatic rings. The monoisotopic (exact) mass is 609 g/mol. The Labute approximate surface area is 253 Å². The van der Waals surface area contributed by atoms with E-state index < -0.39 is 25.7 Å². The molecule has 1 aromatic heterocycles. The van der Waals surface area contributed by atoms with Gasteiger partial charge in [-0.3, -0.25) is 14.9 Å².